The van der Waals surface area contributed by atoms with Gasteiger partial charge in [0.2, 0.25) is 0 Å². The molecule has 0 amide bonds. The summed E-state index contributed by atoms with van der Waals surface area (Å²) < 4.78 is 6.89. The number of hydrogen-bond donors (Lipinski definition) is 0. The topological polar surface area (TPSA) is 67.4 Å². The number of halogens is 1. The minimum Gasteiger partial charge on any atom is -0.366 e. The first-order valence-corrected chi connectivity index (χ1v) is 10.9. The first-order valence-electron chi connectivity index (χ1n) is 10.5. The lowest BCUT2D eigenvalue weighted by molar-refractivity contribution is 0.241. The summed E-state index contributed by atoms with van der Waals surface area (Å²) in [5.74, 6) is 1.08. The van der Waals surface area contributed by atoms with E-state index >= 15 is 0 Å². The van der Waals surface area contributed by atoms with Crippen LogP contribution in [0.5, 0.6) is 0 Å². The van der Waals surface area contributed by atoms with Gasteiger partial charge in [0.1, 0.15) is 16.5 Å². The lowest BCUT2D eigenvalue weighted by Gasteiger charge is -2.36. The molecule has 0 unspecified atom stereocenters. The van der Waals surface area contributed by atoms with Crippen molar-refractivity contribution in [1.82, 2.24) is 19.8 Å². The van der Waals surface area contributed by atoms with Gasteiger partial charge in [-0.15, -0.1) is 0 Å². The van der Waals surface area contributed by atoms with Crippen molar-refractivity contribution in [3.8, 4) is 5.69 Å². The molecular weight excluding hydrogens is 402 g/mol. The Hall–Kier alpha value is -2.64. The van der Waals surface area contributed by atoms with Gasteiger partial charge in [0, 0.05) is 44.7 Å². The molecule has 0 N–H and O–H groups in total. The molecule has 2 aliphatic rings. The van der Waals surface area contributed by atoms with Gasteiger partial charge >= 0.3 is 0 Å². The maximum absolute atomic E-state index is 12.8. The Kier molecular flexibility index (Phi) is 5.31. The van der Waals surface area contributed by atoms with Gasteiger partial charge in [-0.25, -0.2) is 0 Å². The fraction of sp³-hybridized carbons (Fsp3) is 0.409. The van der Waals surface area contributed by atoms with Crippen molar-refractivity contribution >= 4 is 17.3 Å². The normalized spacial score (nSPS) is 17.2. The van der Waals surface area contributed by atoms with Crippen LogP contribution in [0.2, 0.25) is 5.02 Å². The monoisotopic (exact) mass is 425 g/mol. The van der Waals surface area contributed by atoms with Crippen molar-refractivity contribution in [2.24, 2.45) is 0 Å². The number of anilines is 1. The van der Waals surface area contributed by atoms with Crippen LogP contribution in [-0.4, -0.2) is 46.0 Å². The third-order valence-electron chi connectivity index (χ3n) is 6.02. The molecule has 3 aromatic rings. The number of para-hydroxylation sites is 1. The van der Waals surface area contributed by atoms with Crippen LogP contribution in [0.25, 0.3) is 5.69 Å². The SMILES string of the molecule is O=c1c(Cl)c(N2CCN(Cc3noc4c3CCCC4)CC2)cnn1-c1ccccc1. The van der Waals surface area contributed by atoms with Crippen molar-refractivity contribution in [3.05, 3.63) is 68.9 Å². The molecule has 1 fully saturated rings. The summed E-state index contributed by atoms with van der Waals surface area (Å²) in [6.07, 6.45) is 6.19. The summed E-state index contributed by atoms with van der Waals surface area (Å²) in [5, 5.41) is 8.90. The number of nitrogens with zero attached hydrogens (tertiary/aromatic N) is 5. The van der Waals surface area contributed by atoms with Gasteiger partial charge in [-0.05, 0) is 31.4 Å². The number of aryl methyl sites for hydroxylation is 1. The summed E-state index contributed by atoms with van der Waals surface area (Å²) in [6, 6.07) is 9.32. The second-order valence-corrected chi connectivity index (χ2v) is 8.28. The van der Waals surface area contributed by atoms with Gasteiger partial charge in [0.05, 0.1) is 17.6 Å². The molecule has 1 aliphatic carbocycles. The highest BCUT2D eigenvalue weighted by Gasteiger charge is 2.25. The summed E-state index contributed by atoms with van der Waals surface area (Å²) >= 11 is 6.46. The van der Waals surface area contributed by atoms with Crippen molar-refractivity contribution in [2.75, 3.05) is 31.1 Å². The molecule has 0 saturated carbocycles. The highest BCUT2D eigenvalue weighted by atomic mass is 35.5. The summed E-state index contributed by atoms with van der Waals surface area (Å²) in [5.41, 5.74) is 3.52. The number of rotatable bonds is 4. The van der Waals surface area contributed by atoms with Gasteiger partial charge in [-0.2, -0.15) is 9.78 Å². The molecule has 0 bridgehead atoms. The Labute approximate surface area is 179 Å². The van der Waals surface area contributed by atoms with Crippen LogP contribution in [0, 0.1) is 0 Å². The zero-order valence-electron chi connectivity index (χ0n) is 16.8. The fourth-order valence-electron chi connectivity index (χ4n) is 4.33. The number of fused-ring (bicyclic) bond motifs is 1. The Morgan fingerprint density at radius 2 is 1.80 bits per heavy atom. The smallest absolute Gasteiger partial charge is 0.292 e. The maximum Gasteiger partial charge on any atom is 0.292 e. The number of piperazine rings is 1. The molecule has 8 heteroatoms. The predicted molar refractivity (Wildman–Crippen MR) is 115 cm³/mol. The van der Waals surface area contributed by atoms with E-state index in [2.05, 4.69) is 20.1 Å². The number of hydrogen-bond acceptors (Lipinski definition) is 6. The van der Waals surface area contributed by atoms with E-state index in [-0.39, 0.29) is 10.6 Å². The second-order valence-electron chi connectivity index (χ2n) is 7.90. The predicted octanol–water partition coefficient (Wildman–Crippen LogP) is 3.07. The highest BCUT2D eigenvalue weighted by molar-refractivity contribution is 6.33. The third kappa shape index (κ3) is 3.63. The zero-order valence-corrected chi connectivity index (χ0v) is 17.5. The first-order chi connectivity index (χ1) is 14.7. The summed E-state index contributed by atoms with van der Waals surface area (Å²) in [7, 11) is 0. The van der Waals surface area contributed by atoms with Crippen molar-refractivity contribution in [1.29, 1.82) is 0 Å². The number of benzene rings is 1. The maximum atomic E-state index is 12.8. The molecule has 1 aliphatic heterocycles. The molecule has 1 aromatic carbocycles. The highest BCUT2D eigenvalue weighted by Crippen LogP contribution is 2.26. The van der Waals surface area contributed by atoms with E-state index in [1.165, 1.54) is 23.1 Å². The third-order valence-corrected chi connectivity index (χ3v) is 6.37. The molecule has 7 nitrogen and oxygen atoms in total. The van der Waals surface area contributed by atoms with Gasteiger partial charge in [-0.1, -0.05) is 35.0 Å². The Morgan fingerprint density at radius 1 is 1.03 bits per heavy atom. The quantitative estimate of drug-likeness (QED) is 0.640. The minimum absolute atomic E-state index is 0.216. The summed E-state index contributed by atoms with van der Waals surface area (Å²) in [6.45, 7) is 4.14. The van der Waals surface area contributed by atoms with E-state index < -0.39 is 0 Å². The van der Waals surface area contributed by atoms with Gasteiger partial charge in [0.15, 0.2) is 0 Å². The lowest BCUT2D eigenvalue weighted by atomic mass is 9.96. The van der Waals surface area contributed by atoms with Crippen LogP contribution in [0.3, 0.4) is 0 Å². The minimum atomic E-state index is -0.294. The van der Waals surface area contributed by atoms with Gasteiger partial charge in [0.25, 0.3) is 5.56 Å². The average molecular weight is 426 g/mol. The lowest BCUT2D eigenvalue weighted by Crippen LogP contribution is -2.46. The largest absolute Gasteiger partial charge is 0.366 e. The molecular formula is C22H24ClN5O2. The van der Waals surface area contributed by atoms with E-state index in [4.69, 9.17) is 16.1 Å². The molecule has 0 radical (unpaired) electrons. The molecule has 1 saturated heterocycles. The van der Waals surface area contributed by atoms with Gasteiger partial charge in [-0.3, -0.25) is 9.69 Å². The molecule has 156 valence electrons. The van der Waals surface area contributed by atoms with Crippen LogP contribution >= 0.6 is 11.6 Å². The van der Waals surface area contributed by atoms with Crippen molar-refractivity contribution < 1.29 is 4.52 Å². The number of aromatic nitrogens is 3. The molecule has 5 rings (SSSR count). The van der Waals surface area contributed by atoms with Crippen molar-refractivity contribution in [2.45, 2.75) is 32.2 Å². The van der Waals surface area contributed by atoms with E-state index in [1.807, 2.05) is 30.3 Å². The van der Waals surface area contributed by atoms with Crippen LogP contribution in [0.1, 0.15) is 29.9 Å². The van der Waals surface area contributed by atoms with Crippen LogP contribution in [0.15, 0.2) is 45.8 Å². The average Bonchev–Trinajstić information content (AvgIpc) is 3.20. The van der Waals surface area contributed by atoms with E-state index in [0.717, 1.165) is 57.0 Å². The molecule has 0 atom stereocenters. The Balaban J connectivity index is 1.27. The van der Waals surface area contributed by atoms with Gasteiger partial charge < -0.3 is 9.42 Å². The van der Waals surface area contributed by atoms with Crippen LogP contribution < -0.4 is 10.5 Å². The second kappa shape index (κ2) is 8.24. The Morgan fingerprint density at radius 3 is 2.60 bits per heavy atom. The standard InChI is InChI=1S/C22H24ClN5O2/c23-21-19(14-24-28(22(21)29)16-6-2-1-3-7-16)27-12-10-26(11-13-27)15-18-17-8-4-5-9-20(17)30-25-18/h1-3,6-7,14H,4-5,8-13,15H2. The van der Waals surface area contributed by atoms with E-state index in [1.54, 1.807) is 6.20 Å². The summed E-state index contributed by atoms with van der Waals surface area (Å²) in [4.78, 5) is 17.3. The van der Waals surface area contributed by atoms with E-state index in [9.17, 15) is 4.79 Å². The molecule has 30 heavy (non-hydrogen) atoms. The first kappa shape index (κ1) is 19.3. The van der Waals surface area contributed by atoms with Crippen LogP contribution in [0.4, 0.5) is 5.69 Å². The Bertz CT molecular complexity index is 1090. The molecule has 2 aromatic heterocycles. The zero-order chi connectivity index (χ0) is 20.5. The van der Waals surface area contributed by atoms with E-state index in [0.29, 0.717) is 11.4 Å². The molecule has 0 spiro atoms. The molecule has 3 heterocycles. The van der Waals surface area contributed by atoms with Crippen LogP contribution in [-0.2, 0) is 19.4 Å². The fourth-order valence-corrected chi connectivity index (χ4v) is 4.58. The van der Waals surface area contributed by atoms with Crippen molar-refractivity contribution in [3.63, 3.8) is 0 Å².